The molecule has 1 heterocycles. The topological polar surface area (TPSA) is 107 Å². The third-order valence-electron chi connectivity index (χ3n) is 3.27. The van der Waals surface area contributed by atoms with Crippen molar-refractivity contribution in [3.63, 3.8) is 0 Å². The lowest BCUT2D eigenvalue weighted by molar-refractivity contribution is 0.251. The SMILES string of the molecule is COc1ccc(Nc2nc(N)n(C(=O)Nc3ccc(Cl)cc3)n2)cc1. The van der Waals surface area contributed by atoms with Gasteiger partial charge in [0, 0.05) is 16.4 Å². The summed E-state index contributed by atoms with van der Waals surface area (Å²) < 4.78 is 6.07. The van der Waals surface area contributed by atoms with E-state index in [-0.39, 0.29) is 11.9 Å². The third kappa shape index (κ3) is 3.99. The maximum absolute atomic E-state index is 12.3. The predicted molar refractivity (Wildman–Crippen MR) is 96.6 cm³/mol. The first-order valence-electron chi connectivity index (χ1n) is 7.25. The number of carbonyl (C=O) groups is 1. The van der Waals surface area contributed by atoms with E-state index in [0.29, 0.717) is 10.7 Å². The molecule has 1 amide bonds. The summed E-state index contributed by atoms with van der Waals surface area (Å²) in [6, 6.07) is 13.3. The largest absolute Gasteiger partial charge is 0.497 e. The number of amides is 1. The van der Waals surface area contributed by atoms with Crippen LogP contribution in [0, 0.1) is 0 Å². The minimum absolute atomic E-state index is 0.0394. The van der Waals surface area contributed by atoms with Crippen LogP contribution in [0.4, 0.5) is 28.1 Å². The highest BCUT2D eigenvalue weighted by Gasteiger charge is 2.14. The van der Waals surface area contributed by atoms with Gasteiger partial charge in [-0.15, -0.1) is 9.78 Å². The van der Waals surface area contributed by atoms with Gasteiger partial charge in [0.05, 0.1) is 7.11 Å². The first-order valence-corrected chi connectivity index (χ1v) is 7.63. The molecule has 0 aliphatic heterocycles. The van der Waals surface area contributed by atoms with Crippen LogP contribution in [0.1, 0.15) is 0 Å². The lowest BCUT2D eigenvalue weighted by atomic mass is 10.3. The lowest BCUT2D eigenvalue weighted by Gasteiger charge is -2.05. The van der Waals surface area contributed by atoms with E-state index < -0.39 is 6.03 Å². The van der Waals surface area contributed by atoms with E-state index in [0.717, 1.165) is 16.1 Å². The number of carbonyl (C=O) groups excluding carboxylic acids is 1. The molecule has 2 aromatic carbocycles. The Balaban J connectivity index is 1.72. The number of nitrogen functional groups attached to an aromatic ring is 1. The van der Waals surface area contributed by atoms with Gasteiger partial charge in [-0.05, 0) is 48.5 Å². The second-order valence-electron chi connectivity index (χ2n) is 5.00. The van der Waals surface area contributed by atoms with Crippen LogP contribution in [-0.2, 0) is 0 Å². The number of halogens is 1. The molecule has 0 unspecified atom stereocenters. The number of nitrogens with one attached hydrogen (secondary N) is 2. The summed E-state index contributed by atoms with van der Waals surface area (Å²) >= 11 is 5.81. The Morgan fingerprint density at radius 1 is 1.12 bits per heavy atom. The Labute approximate surface area is 148 Å². The molecule has 8 nitrogen and oxygen atoms in total. The number of nitrogens with two attached hydrogens (primary N) is 1. The van der Waals surface area contributed by atoms with Crippen molar-refractivity contribution in [3.8, 4) is 5.75 Å². The van der Waals surface area contributed by atoms with Crippen LogP contribution < -0.4 is 21.1 Å². The number of rotatable bonds is 4. The van der Waals surface area contributed by atoms with Crippen LogP contribution in [-0.4, -0.2) is 27.9 Å². The van der Waals surface area contributed by atoms with E-state index in [4.69, 9.17) is 22.1 Å². The second kappa shape index (κ2) is 7.10. The number of anilines is 4. The van der Waals surface area contributed by atoms with Gasteiger partial charge in [0.2, 0.25) is 11.9 Å². The van der Waals surface area contributed by atoms with E-state index in [9.17, 15) is 4.79 Å². The predicted octanol–water partition coefficient (Wildman–Crippen LogP) is 3.35. The number of methoxy groups -OCH3 is 1. The highest BCUT2D eigenvalue weighted by molar-refractivity contribution is 6.30. The summed E-state index contributed by atoms with van der Waals surface area (Å²) in [5, 5.41) is 10.3. The van der Waals surface area contributed by atoms with E-state index in [1.807, 2.05) is 0 Å². The van der Waals surface area contributed by atoms with Crippen molar-refractivity contribution in [1.29, 1.82) is 0 Å². The summed E-state index contributed by atoms with van der Waals surface area (Å²) in [5.74, 6) is 0.891. The van der Waals surface area contributed by atoms with Gasteiger partial charge in [0.25, 0.3) is 0 Å². The van der Waals surface area contributed by atoms with Crippen molar-refractivity contribution in [1.82, 2.24) is 14.8 Å². The molecule has 0 bridgehead atoms. The van der Waals surface area contributed by atoms with E-state index >= 15 is 0 Å². The summed E-state index contributed by atoms with van der Waals surface area (Å²) in [7, 11) is 1.59. The van der Waals surface area contributed by atoms with Crippen LogP contribution in [0.15, 0.2) is 48.5 Å². The number of benzene rings is 2. The Morgan fingerprint density at radius 2 is 1.76 bits per heavy atom. The zero-order valence-electron chi connectivity index (χ0n) is 13.2. The van der Waals surface area contributed by atoms with Crippen molar-refractivity contribution in [3.05, 3.63) is 53.6 Å². The number of aromatic nitrogens is 3. The highest BCUT2D eigenvalue weighted by Crippen LogP contribution is 2.19. The maximum Gasteiger partial charge on any atom is 0.349 e. The minimum atomic E-state index is -0.532. The van der Waals surface area contributed by atoms with Gasteiger partial charge in [-0.3, -0.25) is 0 Å². The molecular formula is C16H15ClN6O2. The molecule has 0 spiro atoms. The molecule has 25 heavy (non-hydrogen) atoms. The van der Waals surface area contributed by atoms with Gasteiger partial charge >= 0.3 is 6.03 Å². The fourth-order valence-electron chi connectivity index (χ4n) is 2.04. The van der Waals surface area contributed by atoms with Crippen LogP contribution in [0.25, 0.3) is 0 Å². The quantitative estimate of drug-likeness (QED) is 0.660. The van der Waals surface area contributed by atoms with Gasteiger partial charge < -0.3 is 21.1 Å². The molecule has 3 rings (SSSR count). The van der Waals surface area contributed by atoms with Crippen molar-refractivity contribution >= 4 is 40.9 Å². The molecule has 0 saturated heterocycles. The average Bonchev–Trinajstić information content (AvgIpc) is 2.98. The maximum atomic E-state index is 12.3. The zero-order chi connectivity index (χ0) is 17.8. The lowest BCUT2D eigenvalue weighted by Crippen LogP contribution is -2.22. The van der Waals surface area contributed by atoms with Gasteiger partial charge in [-0.1, -0.05) is 11.6 Å². The van der Waals surface area contributed by atoms with Gasteiger partial charge in [0.15, 0.2) is 0 Å². The van der Waals surface area contributed by atoms with Gasteiger partial charge in [-0.2, -0.15) is 4.98 Å². The van der Waals surface area contributed by atoms with Crippen LogP contribution >= 0.6 is 11.6 Å². The second-order valence-corrected chi connectivity index (χ2v) is 5.43. The molecule has 0 fully saturated rings. The smallest absolute Gasteiger partial charge is 0.349 e. The molecule has 0 atom stereocenters. The molecule has 0 saturated carbocycles. The summed E-state index contributed by atoms with van der Waals surface area (Å²) in [4.78, 5) is 16.3. The number of ether oxygens (including phenoxy) is 1. The average molecular weight is 359 g/mol. The molecule has 0 aliphatic rings. The van der Waals surface area contributed by atoms with Gasteiger partial charge in [0.1, 0.15) is 5.75 Å². The van der Waals surface area contributed by atoms with E-state index in [1.165, 1.54) is 0 Å². The summed E-state index contributed by atoms with van der Waals surface area (Å²) in [6.45, 7) is 0. The van der Waals surface area contributed by atoms with E-state index in [1.54, 1.807) is 55.6 Å². The van der Waals surface area contributed by atoms with Crippen molar-refractivity contribution in [2.24, 2.45) is 0 Å². The number of nitrogens with zero attached hydrogens (tertiary/aromatic N) is 3. The van der Waals surface area contributed by atoms with Crippen LogP contribution in [0.2, 0.25) is 5.02 Å². The third-order valence-corrected chi connectivity index (χ3v) is 3.52. The fraction of sp³-hybridized carbons (Fsp3) is 0.0625. The number of hydrogen-bond acceptors (Lipinski definition) is 6. The molecule has 4 N–H and O–H groups in total. The fourth-order valence-corrected chi connectivity index (χ4v) is 2.17. The molecule has 1 aromatic heterocycles. The monoisotopic (exact) mass is 358 g/mol. The summed E-state index contributed by atoms with van der Waals surface area (Å²) in [5.41, 5.74) is 7.06. The molecule has 3 aromatic rings. The normalized spacial score (nSPS) is 10.3. The minimum Gasteiger partial charge on any atom is -0.497 e. The first kappa shape index (κ1) is 16.6. The Hall–Kier alpha value is -3.26. The van der Waals surface area contributed by atoms with Crippen molar-refractivity contribution in [2.75, 3.05) is 23.5 Å². The van der Waals surface area contributed by atoms with E-state index in [2.05, 4.69) is 20.7 Å². The Bertz CT molecular complexity index is 877. The highest BCUT2D eigenvalue weighted by atomic mass is 35.5. The van der Waals surface area contributed by atoms with Crippen molar-refractivity contribution < 1.29 is 9.53 Å². The van der Waals surface area contributed by atoms with Crippen LogP contribution in [0.5, 0.6) is 5.75 Å². The Kier molecular flexibility index (Phi) is 4.71. The Morgan fingerprint density at radius 3 is 2.40 bits per heavy atom. The number of hydrogen-bond donors (Lipinski definition) is 3. The van der Waals surface area contributed by atoms with Crippen LogP contribution in [0.3, 0.4) is 0 Å². The first-order chi connectivity index (χ1) is 12.0. The summed E-state index contributed by atoms with van der Waals surface area (Å²) in [6.07, 6.45) is 0. The molecular weight excluding hydrogens is 344 g/mol. The molecule has 9 heteroatoms. The van der Waals surface area contributed by atoms with Gasteiger partial charge in [-0.25, -0.2) is 4.79 Å². The zero-order valence-corrected chi connectivity index (χ0v) is 14.0. The molecule has 0 aliphatic carbocycles. The standard InChI is InChI=1S/C16H15ClN6O2/c1-25-13-8-6-11(7-9-13)19-15-21-14(18)23(22-15)16(24)20-12-4-2-10(17)3-5-12/h2-9H,1H3,(H,20,24)(H3,18,19,21,22). The molecule has 128 valence electrons. The van der Waals surface area contributed by atoms with Crippen molar-refractivity contribution in [2.45, 2.75) is 0 Å². The molecule has 0 radical (unpaired) electrons.